The van der Waals surface area contributed by atoms with E-state index in [0.29, 0.717) is 70.7 Å². The number of amides is 2. The molecule has 11 nitrogen and oxygen atoms in total. The van der Waals surface area contributed by atoms with Crippen molar-refractivity contribution in [2.45, 2.75) is 50.9 Å². The number of anilines is 1. The topological polar surface area (TPSA) is 137 Å². The number of carbonyl (C=O) groups excluding carboxylic acids is 2. The highest BCUT2D eigenvalue weighted by Gasteiger charge is 2.50. The second kappa shape index (κ2) is 11.6. The monoisotopic (exact) mass is 637 g/mol. The molecule has 2 amide bonds. The van der Waals surface area contributed by atoms with Crippen LogP contribution in [0.5, 0.6) is 5.75 Å². The highest BCUT2D eigenvalue weighted by Crippen LogP contribution is 2.44. The molecule has 1 aromatic carbocycles. The van der Waals surface area contributed by atoms with Gasteiger partial charge in [0.1, 0.15) is 0 Å². The number of nitrogens with two attached hydrogens (primary N) is 1. The smallest absolute Gasteiger partial charge is 0.423 e. The molecule has 1 unspecified atom stereocenters. The molecular formula is C31H30ClF2N7O4. The normalized spacial score (nSPS) is 19.4. The van der Waals surface area contributed by atoms with Gasteiger partial charge in [0.05, 0.1) is 53.6 Å². The number of carbonyl (C=O) groups is 2. The summed E-state index contributed by atoms with van der Waals surface area (Å²) in [7, 11) is 0. The summed E-state index contributed by atoms with van der Waals surface area (Å²) in [6, 6.07) is 7.87. The molecule has 234 valence electrons. The molecule has 2 fully saturated rings. The summed E-state index contributed by atoms with van der Waals surface area (Å²) in [5, 5.41) is 8.96. The fraction of sp³-hybridized carbons (Fsp3) is 0.387. The third kappa shape index (κ3) is 5.83. The Hall–Kier alpha value is -4.20. The molecule has 7 rings (SSSR count). The van der Waals surface area contributed by atoms with Gasteiger partial charge in [-0.15, -0.1) is 0 Å². The summed E-state index contributed by atoms with van der Waals surface area (Å²) in [5.74, 6) is -2.05. The molecule has 4 aromatic rings. The maximum absolute atomic E-state index is 15.0. The second-order valence-corrected chi connectivity index (χ2v) is 12.0. The van der Waals surface area contributed by atoms with E-state index in [-0.39, 0.29) is 29.6 Å². The summed E-state index contributed by atoms with van der Waals surface area (Å²) in [6.45, 7) is 2.37. The van der Waals surface area contributed by atoms with Crippen LogP contribution in [0.1, 0.15) is 41.0 Å². The van der Waals surface area contributed by atoms with Crippen molar-refractivity contribution in [3.05, 3.63) is 64.7 Å². The van der Waals surface area contributed by atoms with Crippen LogP contribution < -0.4 is 20.7 Å². The number of nitrogens with zero attached hydrogens (tertiary/aromatic N) is 5. The summed E-state index contributed by atoms with van der Waals surface area (Å²) in [4.78, 5) is 35.8. The van der Waals surface area contributed by atoms with Gasteiger partial charge in [-0.1, -0.05) is 17.7 Å². The van der Waals surface area contributed by atoms with Gasteiger partial charge >= 0.3 is 12.0 Å². The van der Waals surface area contributed by atoms with Crippen LogP contribution in [-0.2, 0) is 29.0 Å². The van der Waals surface area contributed by atoms with Crippen molar-refractivity contribution in [2.24, 2.45) is 11.7 Å². The van der Waals surface area contributed by atoms with Gasteiger partial charge in [-0.05, 0) is 61.4 Å². The number of aromatic nitrogens is 4. The van der Waals surface area contributed by atoms with E-state index in [9.17, 15) is 18.4 Å². The van der Waals surface area contributed by atoms with Crippen LogP contribution in [0.15, 0.2) is 42.7 Å². The van der Waals surface area contributed by atoms with Gasteiger partial charge in [0.15, 0.2) is 11.4 Å². The molecule has 45 heavy (non-hydrogen) atoms. The molecule has 0 radical (unpaired) electrons. The molecule has 1 aliphatic carbocycles. The third-order valence-corrected chi connectivity index (χ3v) is 8.58. The molecular weight excluding hydrogens is 608 g/mol. The van der Waals surface area contributed by atoms with Crippen LogP contribution in [0.3, 0.4) is 0 Å². The quantitative estimate of drug-likeness (QED) is 0.280. The number of rotatable bonds is 9. The zero-order valence-corrected chi connectivity index (χ0v) is 24.9. The fourth-order valence-electron chi connectivity index (χ4n) is 5.93. The van der Waals surface area contributed by atoms with Gasteiger partial charge in [-0.2, -0.15) is 13.9 Å². The lowest BCUT2D eigenvalue weighted by atomic mass is 9.93. The predicted molar refractivity (Wildman–Crippen MR) is 161 cm³/mol. The Balaban J connectivity index is 1.32. The standard InChI is InChI=1S/C31H30ClF2N7O4/c32-19-4-5-20(37-13-19)15-40-24-6-3-18(12-25(24)45-31(33,34)30(40)43)26-22-14-38-41(9-7-21-16-44-10-8-36-21)29(22)39-23(11-17-1-2-17)27(26)28(35)42/h3-6,12-14,17,21,36H,1-2,7-11,15-16H2,(H2,35,42). The Morgan fingerprint density at radius 2 is 2.04 bits per heavy atom. The lowest BCUT2D eigenvalue weighted by molar-refractivity contribution is -0.193. The fourth-order valence-corrected chi connectivity index (χ4v) is 6.04. The number of morpholine rings is 1. The van der Waals surface area contributed by atoms with Gasteiger partial charge in [-0.25, -0.2) is 9.67 Å². The van der Waals surface area contributed by atoms with E-state index in [2.05, 4.69) is 15.4 Å². The van der Waals surface area contributed by atoms with Crippen molar-refractivity contribution in [1.82, 2.24) is 25.1 Å². The first-order chi connectivity index (χ1) is 21.7. The lowest BCUT2D eigenvalue weighted by Gasteiger charge is -2.33. The number of pyridine rings is 2. The molecule has 0 spiro atoms. The molecule has 14 heteroatoms. The minimum Gasteiger partial charge on any atom is -0.423 e. The lowest BCUT2D eigenvalue weighted by Crippen LogP contribution is -2.50. The average Bonchev–Trinajstić information content (AvgIpc) is 3.75. The van der Waals surface area contributed by atoms with E-state index < -0.39 is 17.9 Å². The molecule has 0 bridgehead atoms. The summed E-state index contributed by atoms with van der Waals surface area (Å²) >= 11 is 5.92. The van der Waals surface area contributed by atoms with E-state index >= 15 is 0 Å². The van der Waals surface area contributed by atoms with Crippen molar-refractivity contribution >= 4 is 40.1 Å². The number of ether oxygens (including phenoxy) is 2. The van der Waals surface area contributed by atoms with Crippen molar-refractivity contribution in [1.29, 1.82) is 0 Å². The molecule has 3 aromatic heterocycles. The van der Waals surface area contributed by atoms with Crippen LogP contribution in [0, 0.1) is 5.92 Å². The van der Waals surface area contributed by atoms with E-state index in [0.717, 1.165) is 30.7 Å². The zero-order chi connectivity index (χ0) is 31.3. The van der Waals surface area contributed by atoms with E-state index in [4.69, 9.17) is 31.8 Å². The largest absolute Gasteiger partial charge is 0.482 e. The first kappa shape index (κ1) is 29.5. The summed E-state index contributed by atoms with van der Waals surface area (Å²) < 4.78 is 42.3. The number of nitrogens with one attached hydrogen (secondary N) is 1. The number of benzene rings is 1. The van der Waals surface area contributed by atoms with Gasteiger partial charge in [-0.3, -0.25) is 19.5 Å². The minimum absolute atomic E-state index is 0.133. The van der Waals surface area contributed by atoms with Gasteiger partial charge in [0, 0.05) is 36.3 Å². The van der Waals surface area contributed by atoms with E-state index in [1.807, 2.05) is 0 Å². The van der Waals surface area contributed by atoms with Gasteiger partial charge < -0.3 is 20.5 Å². The Morgan fingerprint density at radius 1 is 1.20 bits per heavy atom. The number of alkyl halides is 2. The zero-order valence-electron chi connectivity index (χ0n) is 24.1. The predicted octanol–water partition coefficient (Wildman–Crippen LogP) is 4.10. The Labute approximate surface area is 261 Å². The first-order valence-corrected chi connectivity index (χ1v) is 15.2. The summed E-state index contributed by atoms with van der Waals surface area (Å²) in [6.07, 6.45) is 2.21. The number of hydrogen-bond donors (Lipinski definition) is 2. The van der Waals surface area contributed by atoms with Gasteiger partial charge in [0.25, 0.3) is 5.91 Å². The second-order valence-electron chi connectivity index (χ2n) is 11.6. The molecule has 1 saturated carbocycles. The van der Waals surface area contributed by atoms with Crippen LogP contribution in [0.2, 0.25) is 5.02 Å². The first-order valence-electron chi connectivity index (χ1n) is 14.8. The highest BCUT2D eigenvalue weighted by molar-refractivity contribution is 6.30. The van der Waals surface area contributed by atoms with Gasteiger partial charge in [0.2, 0.25) is 0 Å². The Bertz CT molecular complexity index is 1790. The molecule has 1 atom stereocenters. The maximum Gasteiger partial charge on any atom is 0.482 e. The number of primary amides is 1. The third-order valence-electron chi connectivity index (χ3n) is 8.35. The molecule has 2 aliphatic heterocycles. The van der Waals surface area contributed by atoms with Crippen molar-refractivity contribution in [3.8, 4) is 16.9 Å². The minimum atomic E-state index is -4.13. The number of fused-ring (bicyclic) bond motifs is 2. The highest BCUT2D eigenvalue weighted by atomic mass is 35.5. The molecule has 5 heterocycles. The summed E-state index contributed by atoms with van der Waals surface area (Å²) in [5.41, 5.74) is 8.64. The van der Waals surface area contributed by atoms with Crippen LogP contribution in [0.25, 0.3) is 22.2 Å². The van der Waals surface area contributed by atoms with E-state index in [1.165, 1.54) is 18.3 Å². The van der Waals surface area contributed by atoms with Crippen LogP contribution in [-0.4, -0.2) is 63.5 Å². The number of aryl methyl sites for hydroxylation is 1. The molecule has 3 N–H and O–H groups in total. The molecule has 1 saturated heterocycles. The van der Waals surface area contributed by atoms with Crippen molar-refractivity contribution < 1.29 is 27.8 Å². The maximum atomic E-state index is 15.0. The SMILES string of the molecule is NC(=O)c1c(CC2CC2)nc2c(cnn2CCC2COCCN2)c1-c1ccc2c(c1)OC(F)(F)C(=O)N2Cc1ccc(Cl)cn1. The van der Waals surface area contributed by atoms with Crippen LogP contribution >= 0.6 is 11.6 Å². The Morgan fingerprint density at radius 3 is 2.76 bits per heavy atom. The average molecular weight is 638 g/mol. The van der Waals surface area contributed by atoms with Crippen molar-refractivity contribution in [2.75, 3.05) is 24.7 Å². The Kier molecular flexibility index (Phi) is 7.62. The van der Waals surface area contributed by atoms with Crippen molar-refractivity contribution in [3.63, 3.8) is 0 Å². The van der Waals surface area contributed by atoms with E-state index in [1.54, 1.807) is 29.1 Å². The van der Waals surface area contributed by atoms with Crippen LogP contribution in [0.4, 0.5) is 14.5 Å². The number of halogens is 3. The number of hydrogen-bond acceptors (Lipinski definition) is 8. The molecule has 3 aliphatic rings.